The molecule has 0 aliphatic rings. The van der Waals surface area contributed by atoms with E-state index in [4.69, 9.17) is 0 Å². The minimum Gasteiger partial charge on any atom is -0.504 e. The molecule has 5 nitrogen and oxygen atoms in total. The predicted octanol–water partition coefficient (Wildman–Crippen LogP) is 2.48. The number of nitrogens with one attached hydrogen (secondary N) is 1. The lowest BCUT2D eigenvalue weighted by atomic mass is 10.0. The Morgan fingerprint density at radius 1 is 1.10 bits per heavy atom. The number of carbonyl (C=O) groups excluding carboxylic acids is 2. The van der Waals surface area contributed by atoms with Crippen molar-refractivity contribution < 1.29 is 19.8 Å². The maximum absolute atomic E-state index is 12.2. The second kappa shape index (κ2) is 6.09. The van der Waals surface area contributed by atoms with Crippen LogP contribution in [0, 0.1) is 0 Å². The minimum atomic E-state index is -0.457. The van der Waals surface area contributed by atoms with Crippen LogP contribution in [0.4, 0.5) is 5.69 Å². The van der Waals surface area contributed by atoms with Crippen molar-refractivity contribution in [2.75, 3.05) is 5.32 Å². The summed E-state index contributed by atoms with van der Waals surface area (Å²) in [5.74, 6) is -1.53. The third kappa shape index (κ3) is 3.60. The summed E-state index contributed by atoms with van der Waals surface area (Å²) in [6.07, 6.45) is 0.171. The molecule has 0 bridgehead atoms. The summed E-state index contributed by atoms with van der Waals surface area (Å²) in [5.41, 5.74) is 1.08. The van der Waals surface area contributed by atoms with E-state index in [2.05, 4.69) is 5.32 Å². The van der Waals surface area contributed by atoms with E-state index in [0.717, 1.165) is 5.56 Å². The first-order valence-electron chi connectivity index (χ1n) is 6.38. The van der Waals surface area contributed by atoms with Crippen LogP contribution in [0.3, 0.4) is 0 Å². The Morgan fingerprint density at radius 3 is 2.38 bits per heavy atom. The Bertz CT molecular complexity index is 680. The average molecular weight is 285 g/mol. The number of amides is 1. The monoisotopic (exact) mass is 285 g/mol. The van der Waals surface area contributed by atoms with Gasteiger partial charge in [0.25, 0.3) is 0 Å². The maximum Gasteiger partial charge on any atom is 0.221 e. The first-order chi connectivity index (χ1) is 9.97. The van der Waals surface area contributed by atoms with Crippen molar-refractivity contribution in [2.24, 2.45) is 0 Å². The average Bonchev–Trinajstić information content (AvgIpc) is 2.44. The normalized spacial score (nSPS) is 10.1. The van der Waals surface area contributed by atoms with Crippen molar-refractivity contribution >= 4 is 17.4 Å². The van der Waals surface area contributed by atoms with E-state index in [-0.39, 0.29) is 23.5 Å². The van der Waals surface area contributed by atoms with Gasteiger partial charge in [0, 0.05) is 18.9 Å². The number of hydrogen-bond donors (Lipinski definition) is 3. The van der Waals surface area contributed by atoms with Crippen LogP contribution in [0.2, 0.25) is 0 Å². The van der Waals surface area contributed by atoms with Crippen LogP contribution >= 0.6 is 0 Å². The molecule has 0 aromatic heterocycles. The van der Waals surface area contributed by atoms with E-state index in [1.807, 2.05) is 30.3 Å². The molecular weight excluding hydrogens is 270 g/mol. The van der Waals surface area contributed by atoms with E-state index in [0.29, 0.717) is 0 Å². The van der Waals surface area contributed by atoms with Gasteiger partial charge in [-0.25, -0.2) is 0 Å². The van der Waals surface area contributed by atoms with Crippen LogP contribution in [-0.4, -0.2) is 21.9 Å². The molecule has 0 atom stereocenters. The number of Topliss-reactive ketones (excluding diaryl/α,β-unsaturated/α-hetero) is 1. The van der Waals surface area contributed by atoms with Crippen molar-refractivity contribution in [3.8, 4) is 11.5 Å². The van der Waals surface area contributed by atoms with Gasteiger partial charge in [-0.05, 0) is 17.7 Å². The number of benzene rings is 2. The molecule has 0 aliphatic heterocycles. The highest BCUT2D eigenvalue weighted by atomic mass is 16.3. The van der Waals surface area contributed by atoms with Crippen LogP contribution in [0.1, 0.15) is 22.8 Å². The van der Waals surface area contributed by atoms with Crippen LogP contribution in [0.5, 0.6) is 11.5 Å². The number of anilines is 1. The Hall–Kier alpha value is -2.82. The van der Waals surface area contributed by atoms with Crippen LogP contribution in [-0.2, 0) is 11.2 Å². The van der Waals surface area contributed by atoms with Gasteiger partial charge >= 0.3 is 0 Å². The molecule has 0 heterocycles. The minimum absolute atomic E-state index is 0.0129. The molecule has 5 heteroatoms. The predicted molar refractivity (Wildman–Crippen MR) is 78.6 cm³/mol. The Labute approximate surface area is 121 Å². The number of rotatable bonds is 4. The third-order valence-corrected chi connectivity index (χ3v) is 2.93. The van der Waals surface area contributed by atoms with E-state index in [1.54, 1.807) is 0 Å². The van der Waals surface area contributed by atoms with Crippen LogP contribution in [0.15, 0.2) is 42.5 Å². The zero-order chi connectivity index (χ0) is 15.4. The summed E-state index contributed by atoms with van der Waals surface area (Å²) < 4.78 is 0. The Balaban J connectivity index is 2.29. The summed E-state index contributed by atoms with van der Waals surface area (Å²) in [6, 6.07) is 11.7. The quantitative estimate of drug-likeness (QED) is 0.595. The van der Waals surface area contributed by atoms with Crippen molar-refractivity contribution in [2.45, 2.75) is 13.3 Å². The van der Waals surface area contributed by atoms with Crippen molar-refractivity contribution in [1.82, 2.24) is 0 Å². The molecule has 0 saturated heterocycles. The fourth-order valence-electron chi connectivity index (χ4n) is 1.95. The van der Waals surface area contributed by atoms with Gasteiger partial charge in [-0.2, -0.15) is 0 Å². The molecule has 3 N–H and O–H groups in total. The van der Waals surface area contributed by atoms with Crippen molar-refractivity contribution in [3.05, 3.63) is 53.6 Å². The van der Waals surface area contributed by atoms with E-state index in [1.165, 1.54) is 19.1 Å². The number of phenols is 2. The molecule has 0 spiro atoms. The molecule has 1 amide bonds. The molecule has 2 aromatic carbocycles. The lowest BCUT2D eigenvalue weighted by Crippen LogP contribution is -2.08. The smallest absolute Gasteiger partial charge is 0.221 e. The number of ketones is 1. The lowest BCUT2D eigenvalue weighted by Gasteiger charge is -2.09. The largest absolute Gasteiger partial charge is 0.504 e. The summed E-state index contributed by atoms with van der Waals surface area (Å²) >= 11 is 0. The van der Waals surface area contributed by atoms with E-state index < -0.39 is 17.4 Å². The highest BCUT2D eigenvalue weighted by molar-refractivity contribution is 6.01. The second-order valence-electron chi connectivity index (χ2n) is 4.66. The first kappa shape index (κ1) is 14.6. The third-order valence-electron chi connectivity index (χ3n) is 2.93. The molecule has 0 saturated carbocycles. The van der Waals surface area contributed by atoms with Crippen LogP contribution < -0.4 is 5.32 Å². The number of hydrogen-bond acceptors (Lipinski definition) is 4. The van der Waals surface area contributed by atoms with E-state index in [9.17, 15) is 19.8 Å². The molecule has 0 unspecified atom stereocenters. The molecule has 0 radical (unpaired) electrons. The maximum atomic E-state index is 12.2. The van der Waals surface area contributed by atoms with Gasteiger partial charge in [-0.15, -0.1) is 0 Å². The first-order valence-corrected chi connectivity index (χ1v) is 6.38. The fourth-order valence-corrected chi connectivity index (χ4v) is 1.95. The number of carbonyl (C=O) groups is 2. The summed E-state index contributed by atoms with van der Waals surface area (Å²) in [6.45, 7) is 1.27. The van der Waals surface area contributed by atoms with Gasteiger partial charge in [-0.3, -0.25) is 9.59 Å². The van der Waals surface area contributed by atoms with E-state index >= 15 is 0 Å². The van der Waals surface area contributed by atoms with Gasteiger partial charge in [0.05, 0.1) is 5.69 Å². The molecule has 2 aromatic rings. The molecule has 2 rings (SSSR count). The molecule has 0 fully saturated rings. The summed E-state index contributed by atoms with van der Waals surface area (Å²) in [4.78, 5) is 23.3. The van der Waals surface area contributed by atoms with Crippen molar-refractivity contribution in [3.63, 3.8) is 0 Å². The number of aromatic hydroxyl groups is 2. The second-order valence-corrected chi connectivity index (χ2v) is 4.66. The fraction of sp³-hybridized carbons (Fsp3) is 0.125. The Kier molecular flexibility index (Phi) is 4.23. The standard InChI is InChI=1S/C16H15NO4/c1-10(18)17-13-8-12(9-15(20)16(13)21)14(19)7-11-5-3-2-4-6-11/h2-6,8-9,20-21H,7H2,1H3,(H,17,18). The zero-order valence-corrected chi connectivity index (χ0v) is 11.5. The van der Waals surface area contributed by atoms with Gasteiger partial charge < -0.3 is 15.5 Å². The van der Waals surface area contributed by atoms with Gasteiger partial charge in [-0.1, -0.05) is 30.3 Å². The lowest BCUT2D eigenvalue weighted by molar-refractivity contribution is -0.114. The van der Waals surface area contributed by atoms with Gasteiger partial charge in [0.2, 0.25) is 5.91 Å². The molecular formula is C16H15NO4. The highest BCUT2D eigenvalue weighted by Crippen LogP contribution is 2.35. The van der Waals surface area contributed by atoms with Crippen LogP contribution in [0.25, 0.3) is 0 Å². The summed E-state index contributed by atoms with van der Waals surface area (Å²) in [5, 5.41) is 21.7. The molecule has 108 valence electrons. The Morgan fingerprint density at radius 2 is 1.76 bits per heavy atom. The topological polar surface area (TPSA) is 86.6 Å². The summed E-state index contributed by atoms with van der Waals surface area (Å²) in [7, 11) is 0. The SMILES string of the molecule is CC(=O)Nc1cc(C(=O)Cc2ccccc2)cc(O)c1O. The molecule has 21 heavy (non-hydrogen) atoms. The highest BCUT2D eigenvalue weighted by Gasteiger charge is 2.15. The number of phenolic OH excluding ortho intramolecular Hbond substituents is 2. The van der Waals surface area contributed by atoms with Gasteiger partial charge in [0.15, 0.2) is 17.3 Å². The molecule has 0 aliphatic carbocycles. The van der Waals surface area contributed by atoms with Gasteiger partial charge in [0.1, 0.15) is 0 Å². The zero-order valence-electron chi connectivity index (χ0n) is 11.5. The van der Waals surface area contributed by atoms with Crippen molar-refractivity contribution in [1.29, 1.82) is 0 Å².